The van der Waals surface area contributed by atoms with Gasteiger partial charge in [-0.1, -0.05) is 66.8 Å². The molecule has 3 rings (SSSR count). The molecule has 0 aromatic heterocycles. The van der Waals surface area contributed by atoms with E-state index in [4.69, 9.17) is 31.2 Å². The highest BCUT2D eigenvalue weighted by Crippen LogP contribution is 2.29. The number of carbonyl (C=O) groups is 2. The molecule has 2 aromatic rings. The van der Waals surface area contributed by atoms with Crippen LogP contribution in [-0.2, 0) is 23.8 Å². The average molecular weight is 559 g/mol. The third-order valence-electron chi connectivity index (χ3n) is 5.55. The summed E-state index contributed by atoms with van der Waals surface area (Å²) >= 11 is 5.60. The maximum Gasteiger partial charge on any atom is 0.410 e. The summed E-state index contributed by atoms with van der Waals surface area (Å²) in [6.45, 7) is 2.20. The van der Waals surface area contributed by atoms with Crippen LogP contribution in [0, 0.1) is 10.1 Å². The summed E-state index contributed by atoms with van der Waals surface area (Å²) in [6.07, 6.45) is 4.47. The predicted molar refractivity (Wildman–Crippen MR) is 146 cm³/mol. The molecule has 39 heavy (non-hydrogen) atoms. The summed E-state index contributed by atoms with van der Waals surface area (Å²) in [7, 11) is 0. The van der Waals surface area contributed by atoms with Gasteiger partial charge in [-0.15, -0.1) is 10.1 Å². The van der Waals surface area contributed by atoms with Crippen LogP contribution in [0.15, 0.2) is 66.3 Å². The van der Waals surface area contributed by atoms with Crippen molar-refractivity contribution in [3.05, 3.63) is 76.4 Å². The molecular weight excluding hydrogens is 528 g/mol. The standard InChI is InChI=1S/C27H30N2O9S/c1-18(28-27(31)37-19(2)36-26(30)17-34-14-15-35-29(32)33)16-24(22-11-5-6-13-25(22)39)38-23-12-7-9-20-8-3-4-10-21(20)23/h3-12,18-19,24H,13-17H2,1-2H3,(H,28,31)/t18?,19?,24-/m0/s1. The number of carbonyl (C=O) groups excluding carboxylic acids is 2. The SMILES string of the molecule is CC(C[C@H](Oc1cccc2ccccc12)C1=CC=CCC1=S)NC(=O)OC(C)OC(=O)COCCO[N+](=O)[O-]. The van der Waals surface area contributed by atoms with Crippen LogP contribution in [0.3, 0.4) is 0 Å². The first-order valence-electron chi connectivity index (χ1n) is 12.3. The quantitative estimate of drug-likeness (QED) is 0.0884. The van der Waals surface area contributed by atoms with E-state index in [2.05, 4.69) is 10.2 Å². The molecule has 0 aliphatic heterocycles. The highest BCUT2D eigenvalue weighted by Gasteiger charge is 2.25. The summed E-state index contributed by atoms with van der Waals surface area (Å²) in [5, 5.41) is 13.8. The van der Waals surface area contributed by atoms with E-state index in [1.54, 1.807) is 6.92 Å². The van der Waals surface area contributed by atoms with E-state index in [0.717, 1.165) is 21.2 Å². The Balaban J connectivity index is 1.55. The van der Waals surface area contributed by atoms with E-state index < -0.39 is 36.2 Å². The average Bonchev–Trinajstić information content (AvgIpc) is 2.88. The zero-order valence-electron chi connectivity index (χ0n) is 21.6. The number of hydrogen-bond acceptors (Lipinski definition) is 10. The summed E-state index contributed by atoms with van der Waals surface area (Å²) in [5.74, 6) is -0.0994. The van der Waals surface area contributed by atoms with E-state index in [9.17, 15) is 19.7 Å². The fraction of sp³-hybridized carbons (Fsp3) is 0.370. The van der Waals surface area contributed by atoms with Crippen LogP contribution in [0.2, 0.25) is 0 Å². The fourth-order valence-electron chi connectivity index (χ4n) is 3.87. The zero-order valence-corrected chi connectivity index (χ0v) is 22.4. The van der Waals surface area contributed by atoms with Gasteiger partial charge in [0.15, 0.2) is 0 Å². The number of thiocarbonyl (C=S) groups is 1. The van der Waals surface area contributed by atoms with Gasteiger partial charge >= 0.3 is 12.1 Å². The van der Waals surface area contributed by atoms with Gasteiger partial charge in [-0.2, -0.15) is 0 Å². The van der Waals surface area contributed by atoms with Crippen molar-refractivity contribution >= 4 is 39.9 Å². The number of nitrogens with zero attached hydrogens (tertiary/aromatic N) is 1. The number of esters is 1. The lowest BCUT2D eigenvalue weighted by atomic mass is 9.95. The molecule has 0 spiro atoms. The molecule has 0 bridgehead atoms. The number of amides is 1. The van der Waals surface area contributed by atoms with Gasteiger partial charge in [0.25, 0.3) is 5.09 Å². The Morgan fingerprint density at radius 2 is 1.87 bits per heavy atom. The molecule has 0 saturated carbocycles. The van der Waals surface area contributed by atoms with Crippen LogP contribution in [0.25, 0.3) is 10.8 Å². The second kappa shape index (κ2) is 14.8. The van der Waals surface area contributed by atoms with Crippen LogP contribution >= 0.6 is 12.2 Å². The Morgan fingerprint density at radius 3 is 2.64 bits per heavy atom. The molecule has 11 nitrogen and oxygen atoms in total. The lowest BCUT2D eigenvalue weighted by Crippen LogP contribution is -2.40. The first-order chi connectivity index (χ1) is 18.7. The smallest absolute Gasteiger partial charge is 0.410 e. The normalized spacial score (nSPS) is 15.0. The summed E-state index contributed by atoms with van der Waals surface area (Å²) in [6, 6.07) is 13.4. The van der Waals surface area contributed by atoms with Crippen molar-refractivity contribution in [3.63, 3.8) is 0 Å². The molecule has 2 aromatic carbocycles. The number of benzene rings is 2. The van der Waals surface area contributed by atoms with Gasteiger partial charge in [-0.05, 0) is 18.4 Å². The molecule has 0 saturated heterocycles. The molecule has 1 aliphatic rings. The fourth-order valence-corrected chi connectivity index (χ4v) is 4.17. The first kappa shape index (κ1) is 29.5. The molecule has 12 heteroatoms. The number of nitrogens with one attached hydrogen (secondary N) is 1. The monoisotopic (exact) mass is 558 g/mol. The van der Waals surface area contributed by atoms with Gasteiger partial charge < -0.3 is 29.1 Å². The lowest BCUT2D eigenvalue weighted by Gasteiger charge is -2.27. The molecule has 0 heterocycles. The number of fused-ring (bicyclic) bond motifs is 1. The van der Waals surface area contributed by atoms with Crippen molar-refractivity contribution in [2.45, 2.75) is 45.1 Å². The van der Waals surface area contributed by atoms with Gasteiger partial charge in [0.2, 0.25) is 6.29 Å². The van der Waals surface area contributed by atoms with Gasteiger partial charge in [-0.25, -0.2) is 9.59 Å². The Morgan fingerprint density at radius 1 is 1.10 bits per heavy atom. The second-order valence-electron chi connectivity index (χ2n) is 8.61. The highest BCUT2D eigenvalue weighted by molar-refractivity contribution is 7.80. The molecule has 0 radical (unpaired) electrons. The third-order valence-corrected chi connectivity index (χ3v) is 5.95. The van der Waals surface area contributed by atoms with Crippen LogP contribution in [-0.4, -0.2) is 60.3 Å². The molecule has 2 unspecified atom stereocenters. The summed E-state index contributed by atoms with van der Waals surface area (Å²) < 4.78 is 21.5. The minimum Gasteiger partial charge on any atom is -0.485 e. The minimum absolute atomic E-state index is 0.180. The van der Waals surface area contributed by atoms with Gasteiger partial charge in [0.05, 0.1) is 6.61 Å². The number of allylic oxidation sites excluding steroid dienone is 3. The Kier molecular flexibility index (Phi) is 11.2. The summed E-state index contributed by atoms with van der Waals surface area (Å²) in [5.41, 5.74) is 0.869. The maximum atomic E-state index is 12.4. The molecular formula is C27H30N2O9S. The predicted octanol–water partition coefficient (Wildman–Crippen LogP) is 4.46. The molecule has 0 fully saturated rings. The van der Waals surface area contributed by atoms with Gasteiger partial charge in [0, 0.05) is 41.6 Å². The van der Waals surface area contributed by atoms with Crippen molar-refractivity contribution in [1.29, 1.82) is 0 Å². The molecule has 1 amide bonds. The van der Waals surface area contributed by atoms with Crippen molar-refractivity contribution in [2.24, 2.45) is 0 Å². The zero-order chi connectivity index (χ0) is 28.2. The van der Waals surface area contributed by atoms with Crippen molar-refractivity contribution < 1.29 is 38.5 Å². The van der Waals surface area contributed by atoms with E-state index in [-0.39, 0.29) is 19.3 Å². The van der Waals surface area contributed by atoms with Gasteiger partial charge in [-0.3, -0.25) is 0 Å². The van der Waals surface area contributed by atoms with Crippen molar-refractivity contribution in [2.75, 3.05) is 19.8 Å². The van der Waals surface area contributed by atoms with E-state index in [0.29, 0.717) is 18.6 Å². The number of hydrogen-bond donors (Lipinski definition) is 1. The molecule has 3 atom stereocenters. The Labute approximate surface area is 230 Å². The third kappa shape index (κ3) is 9.65. The molecule has 1 N–H and O–H groups in total. The number of rotatable bonds is 14. The van der Waals surface area contributed by atoms with Crippen LogP contribution in [0.5, 0.6) is 5.75 Å². The van der Waals surface area contributed by atoms with E-state index in [1.165, 1.54) is 6.92 Å². The molecule has 1 aliphatic carbocycles. The topological polar surface area (TPSA) is 135 Å². The second-order valence-corrected chi connectivity index (χ2v) is 9.11. The van der Waals surface area contributed by atoms with Crippen LogP contribution < -0.4 is 10.1 Å². The number of ether oxygens (including phenoxy) is 4. The highest BCUT2D eigenvalue weighted by atomic mass is 32.1. The van der Waals surface area contributed by atoms with Crippen LogP contribution in [0.4, 0.5) is 4.79 Å². The number of alkyl carbamates (subject to hydrolysis) is 1. The van der Waals surface area contributed by atoms with E-state index in [1.807, 2.05) is 60.7 Å². The summed E-state index contributed by atoms with van der Waals surface area (Å²) in [4.78, 5) is 39.1. The lowest BCUT2D eigenvalue weighted by molar-refractivity contribution is -0.758. The first-order valence-corrected chi connectivity index (χ1v) is 12.7. The molecule has 208 valence electrons. The minimum atomic E-state index is -1.19. The van der Waals surface area contributed by atoms with Crippen LogP contribution in [0.1, 0.15) is 26.7 Å². The maximum absolute atomic E-state index is 12.4. The van der Waals surface area contributed by atoms with E-state index >= 15 is 0 Å². The Bertz CT molecular complexity index is 1240. The van der Waals surface area contributed by atoms with Crippen molar-refractivity contribution in [3.8, 4) is 5.75 Å². The Hall–Kier alpha value is -4.03. The largest absolute Gasteiger partial charge is 0.485 e. The van der Waals surface area contributed by atoms with Crippen molar-refractivity contribution in [1.82, 2.24) is 5.32 Å². The van der Waals surface area contributed by atoms with Gasteiger partial charge in [0.1, 0.15) is 25.1 Å².